The first-order chi connectivity index (χ1) is 9.60. The first-order valence-corrected chi connectivity index (χ1v) is 7.32. The lowest BCUT2D eigenvalue weighted by Gasteiger charge is -2.10. The van der Waals surface area contributed by atoms with Gasteiger partial charge in [-0.1, -0.05) is 23.7 Å². The Morgan fingerprint density at radius 2 is 1.90 bits per heavy atom. The third-order valence-corrected chi connectivity index (χ3v) is 3.71. The van der Waals surface area contributed by atoms with Gasteiger partial charge >= 0.3 is 0 Å². The normalized spacial score (nSPS) is 10.6. The van der Waals surface area contributed by atoms with Gasteiger partial charge in [0.1, 0.15) is 18.2 Å². The van der Waals surface area contributed by atoms with Gasteiger partial charge in [0.2, 0.25) is 0 Å². The van der Waals surface area contributed by atoms with Crippen molar-refractivity contribution in [1.82, 2.24) is 0 Å². The maximum absolute atomic E-state index is 13.1. The van der Waals surface area contributed by atoms with Gasteiger partial charge in [-0.2, -0.15) is 0 Å². The Morgan fingerprint density at radius 1 is 1.15 bits per heavy atom. The molecule has 2 aromatic carbocycles. The Kier molecular flexibility index (Phi) is 5.40. The summed E-state index contributed by atoms with van der Waals surface area (Å²) in [4.78, 5) is 0. The highest BCUT2D eigenvalue weighted by Gasteiger charge is 2.05. The quantitative estimate of drug-likeness (QED) is 0.864. The minimum Gasteiger partial charge on any atom is -0.487 e. The zero-order valence-corrected chi connectivity index (χ0v) is 13.0. The van der Waals surface area contributed by atoms with Gasteiger partial charge in [0.05, 0.1) is 9.50 Å². The topological polar surface area (TPSA) is 35.2 Å². The van der Waals surface area contributed by atoms with Crippen LogP contribution in [0.1, 0.15) is 11.1 Å². The van der Waals surface area contributed by atoms with E-state index >= 15 is 0 Å². The number of benzene rings is 2. The van der Waals surface area contributed by atoms with Crippen molar-refractivity contribution in [3.05, 3.63) is 62.8 Å². The molecule has 0 aliphatic carbocycles. The lowest BCUT2D eigenvalue weighted by Crippen LogP contribution is -2.03. The van der Waals surface area contributed by atoms with E-state index in [1.807, 2.05) is 18.2 Å². The standard InChI is InChI=1S/C15H14BrClFNO/c16-12-7-11(1-3-14(12)18)9-20-15-4-2-10(5-6-19)8-13(15)17/h1-4,7-8H,5-6,9,19H2. The van der Waals surface area contributed by atoms with E-state index in [4.69, 9.17) is 22.1 Å². The largest absolute Gasteiger partial charge is 0.487 e. The lowest BCUT2D eigenvalue weighted by molar-refractivity contribution is 0.306. The second kappa shape index (κ2) is 7.07. The van der Waals surface area contributed by atoms with Crippen molar-refractivity contribution in [2.75, 3.05) is 6.54 Å². The van der Waals surface area contributed by atoms with Crippen LogP contribution in [0.3, 0.4) is 0 Å². The maximum atomic E-state index is 13.1. The molecule has 0 atom stereocenters. The molecule has 0 aliphatic heterocycles. The first kappa shape index (κ1) is 15.3. The molecule has 20 heavy (non-hydrogen) atoms. The zero-order chi connectivity index (χ0) is 14.5. The highest BCUT2D eigenvalue weighted by Crippen LogP contribution is 2.27. The van der Waals surface area contributed by atoms with E-state index in [0.29, 0.717) is 28.4 Å². The molecule has 0 unspecified atom stereocenters. The molecule has 2 N–H and O–H groups in total. The van der Waals surface area contributed by atoms with Gasteiger partial charge < -0.3 is 10.5 Å². The molecule has 106 valence electrons. The van der Waals surface area contributed by atoms with Crippen LogP contribution < -0.4 is 10.5 Å². The van der Waals surface area contributed by atoms with Crippen molar-refractivity contribution in [3.8, 4) is 5.75 Å². The zero-order valence-electron chi connectivity index (χ0n) is 10.7. The third-order valence-electron chi connectivity index (χ3n) is 2.81. The molecule has 0 fully saturated rings. The lowest BCUT2D eigenvalue weighted by atomic mass is 10.1. The average Bonchev–Trinajstić information content (AvgIpc) is 2.42. The van der Waals surface area contributed by atoms with Gasteiger partial charge in [-0.25, -0.2) is 4.39 Å². The second-order valence-corrected chi connectivity index (χ2v) is 5.60. The molecule has 0 amide bonds. The van der Waals surface area contributed by atoms with Crippen molar-refractivity contribution in [3.63, 3.8) is 0 Å². The fourth-order valence-electron chi connectivity index (χ4n) is 1.77. The highest BCUT2D eigenvalue weighted by molar-refractivity contribution is 9.10. The summed E-state index contributed by atoms with van der Waals surface area (Å²) in [6, 6.07) is 10.4. The van der Waals surface area contributed by atoms with Crippen molar-refractivity contribution in [2.24, 2.45) is 5.73 Å². The average molecular weight is 359 g/mol. The molecule has 2 aromatic rings. The first-order valence-electron chi connectivity index (χ1n) is 6.15. The van der Waals surface area contributed by atoms with Crippen LogP contribution in [0.5, 0.6) is 5.75 Å². The Hall–Kier alpha value is -1.10. The van der Waals surface area contributed by atoms with Gasteiger partial charge in [0.25, 0.3) is 0 Å². The summed E-state index contributed by atoms with van der Waals surface area (Å²) in [6.07, 6.45) is 0.783. The van der Waals surface area contributed by atoms with E-state index in [-0.39, 0.29) is 5.82 Å². The molecule has 0 saturated heterocycles. The monoisotopic (exact) mass is 357 g/mol. The van der Waals surface area contributed by atoms with Gasteiger partial charge in [-0.3, -0.25) is 0 Å². The SMILES string of the molecule is NCCc1ccc(OCc2ccc(F)c(Br)c2)c(Cl)c1. The van der Waals surface area contributed by atoms with Crippen LogP contribution in [0.2, 0.25) is 5.02 Å². The summed E-state index contributed by atoms with van der Waals surface area (Å²) >= 11 is 9.30. The second-order valence-electron chi connectivity index (χ2n) is 4.34. The number of hydrogen-bond donors (Lipinski definition) is 1. The van der Waals surface area contributed by atoms with Crippen molar-refractivity contribution < 1.29 is 9.13 Å². The third kappa shape index (κ3) is 3.95. The fourth-order valence-corrected chi connectivity index (χ4v) is 2.46. The van der Waals surface area contributed by atoms with E-state index in [1.54, 1.807) is 12.1 Å². The number of nitrogens with two attached hydrogens (primary N) is 1. The van der Waals surface area contributed by atoms with E-state index in [0.717, 1.165) is 17.5 Å². The van der Waals surface area contributed by atoms with Crippen LogP contribution in [0.25, 0.3) is 0 Å². The number of hydrogen-bond acceptors (Lipinski definition) is 2. The smallest absolute Gasteiger partial charge is 0.138 e. The van der Waals surface area contributed by atoms with Crippen molar-refractivity contribution in [1.29, 1.82) is 0 Å². The molecule has 0 bridgehead atoms. The summed E-state index contributed by atoms with van der Waals surface area (Å²) in [6.45, 7) is 0.912. The molecule has 2 nitrogen and oxygen atoms in total. The minimum absolute atomic E-state index is 0.294. The fraction of sp³-hybridized carbons (Fsp3) is 0.200. The molecular formula is C15H14BrClFNO. The molecule has 0 aromatic heterocycles. The van der Waals surface area contributed by atoms with Gasteiger partial charge in [0, 0.05) is 0 Å². The predicted octanol–water partition coefficient (Wildman–Crippen LogP) is 4.32. The van der Waals surface area contributed by atoms with Crippen molar-refractivity contribution in [2.45, 2.75) is 13.0 Å². The van der Waals surface area contributed by atoms with Crippen LogP contribution in [0, 0.1) is 5.82 Å². The van der Waals surface area contributed by atoms with E-state index in [2.05, 4.69) is 15.9 Å². The predicted molar refractivity (Wildman–Crippen MR) is 82.6 cm³/mol. The number of halogens is 3. The maximum Gasteiger partial charge on any atom is 0.138 e. The Balaban J connectivity index is 2.05. The summed E-state index contributed by atoms with van der Waals surface area (Å²) in [7, 11) is 0. The Bertz CT molecular complexity index is 606. The van der Waals surface area contributed by atoms with Gasteiger partial charge in [0.15, 0.2) is 0 Å². The van der Waals surface area contributed by atoms with Crippen LogP contribution in [-0.2, 0) is 13.0 Å². The summed E-state index contributed by atoms with van der Waals surface area (Å²) in [5.74, 6) is 0.311. The molecule has 0 saturated carbocycles. The van der Waals surface area contributed by atoms with Gasteiger partial charge in [-0.15, -0.1) is 0 Å². The number of ether oxygens (including phenoxy) is 1. The molecule has 0 radical (unpaired) electrons. The van der Waals surface area contributed by atoms with E-state index in [9.17, 15) is 4.39 Å². The molecular weight excluding hydrogens is 345 g/mol. The van der Waals surface area contributed by atoms with Crippen LogP contribution >= 0.6 is 27.5 Å². The molecule has 0 aliphatic rings. The molecule has 5 heteroatoms. The van der Waals surface area contributed by atoms with Crippen LogP contribution in [0.4, 0.5) is 4.39 Å². The number of rotatable bonds is 5. The summed E-state index contributed by atoms with van der Waals surface area (Å²) in [5, 5.41) is 0.553. The van der Waals surface area contributed by atoms with Crippen molar-refractivity contribution >= 4 is 27.5 Å². The minimum atomic E-state index is -0.294. The van der Waals surface area contributed by atoms with E-state index in [1.165, 1.54) is 6.07 Å². The Morgan fingerprint density at radius 3 is 2.55 bits per heavy atom. The molecule has 0 heterocycles. The molecule has 2 rings (SSSR count). The van der Waals surface area contributed by atoms with E-state index < -0.39 is 0 Å². The summed E-state index contributed by atoms with van der Waals surface area (Å²) < 4.78 is 19.2. The van der Waals surface area contributed by atoms with Crippen LogP contribution in [-0.4, -0.2) is 6.54 Å². The highest BCUT2D eigenvalue weighted by atomic mass is 79.9. The van der Waals surface area contributed by atoms with Crippen LogP contribution in [0.15, 0.2) is 40.9 Å². The summed E-state index contributed by atoms with van der Waals surface area (Å²) in [5.41, 5.74) is 7.44. The van der Waals surface area contributed by atoms with Gasteiger partial charge in [-0.05, 0) is 64.3 Å². The molecule has 0 spiro atoms. The Labute approximate surface area is 130 Å².